The molecule has 0 unspecified atom stereocenters. The summed E-state index contributed by atoms with van der Waals surface area (Å²) in [5.74, 6) is 0. The summed E-state index contributed by atoms with van der Waals surface area (Å²) in [4.78, 5) is 27.4. The van der Waals surface area contributed by atoms with Crippen LogP contribution in [0.3, 0.4) is 0 Å². The summed E-state index contributed by atoms with van der Waals surface area (Å²) < 4.78 is 79.5. The van der Waals surface area contributed by atoms with Gasteiger partial charge in [-0.1, -0.05) is 30.3 Å². The van der Waals surface area contributed by atoms with Gasteiger partial charge in [0.15, 0.2) is 0 Å². The molecule has 2 N–H and O–H groups in total. The van der Waals surface area contributed by atoms with Gasteiger partial charge >= 0.3 is 12.4 Å². The molecule has 5 nitrogen and oxygen atoms in total. The van der Waals surface area contributed by atoms with Gasteiger partial charge < -0.3 is 15.5 Å². The van der Waals surface area contributed by atoms with Crippen LogP contribution >= 0.6 is 12.6 Å². The quantitative estimate of drug-likeness (QED) is 0.130. The number of para-hydroxylation sites is 1. The van der Waals surface area contributed by atoms with Crippen LogP contribution in [-0.2, 0) is 18.9 Å². The van der Waals surface area contributed by atoms with Crippen LogP contribution in [0.2, 0.25) is 0 Å². The maximum atomic E-state index is 13.2. The van der Waals surface area contributed by atoms with Crippen LogP contribution in [0.1, 0.15) is 16.7 Å². The first-order valence-corrected chi connectivity index (χ1v) is 11.8. The van der Waals surface area contributed by atoms with Crippen molar-refractivity contribution in [2.75, 3.05) is 24.7 Å². The maximum absolute atomic E-state index is 13.2. The largest absolute Gasteiger partial charge is 0.416 e. The number of hydrogen-bond donors (Lipinski definition) is 3. The number of benzene rings is 3. The molecule has 0 radical (unpaired) electrons. The van der Waals surface area contributed by atoms with Crippen LogP contribution in [0.4, 0.5) is 49.1 Å². The Morgan fingerprint density at radius 2 is 1.33 bits per heavy atom. The van der Waals surface area contributed by atoms with Crippen molar-refractivity contribution < 1.29 is 26.3 Å². The predicted octanol–water partition coefficient (Wildman–Crippen LogP) is 6.82. The molecule has 0 saturated carbocycles. The normalized spacial score (nSPS) is 12.3. The van der Waals surface area contributed by atoms with Crippen molar-refractivity contribution >= 4 is 35.4 Å². The minimum absolute atomic E-state index is 0.0256. The van der Waals surface area contributed by atoms with E-state index in [9.17, 15) is 35.9 Å². The van der Waals surface area contributed by atoms with E-state index in [2.05, 4.69) is 23.3 Å². The molecule has 0 atom stereocenters. The van der Waals surface area contributed by atoms with E-state index in [-0.39, 0.29) is 11.8 Å². The molecule has 4 aromatic carbocycles. The SMILES string of the molecule is CN(C)Cc1ccc(-c2ccccc2Nc2c(Nc3cc(C(F)(F)F)cc(C(F)(F)F)c3)c(=O)c2=O)cc1S. The molecule has 0 aliphatic carbocycles. The van der Waals surface area contributed by atoms with Crippen molar-refractivity contribution in [1.29, 1.82) is 0 Å². The van der Waals surface area contributed by atoms with Crippen LogP contribution in [0.5, 0.6) is 0 Å². The molecule has 0 aliphatic heterocycles. The number of rotatable bonds is 7. The molecule has 0 amide bonds. The highest BCUT2D eigenvalue weighted by atomic mass is 32.1. The molecule has 0 fully saturated rings. The van der Waals surface area contributed by atoms with E-state index in [0.29, 0.717) is 29.9 Å². The molecule has 39 heavy (non-hydrogen) atoms. The van der Waals surface area contributed by atoms with E-state index < -0.39 is 45.7 Å². The molecule has 0 bridgehead atoms. The smallest absolute Gasteiger partial charge is 0.350 e. The van der Waals surface area contributed by atoms with Crippen molar-refractivity contribution in [3.8, 4) is 11.1 Å². The minimum atomic E-state index is -5.07. The van der Waals surface area contributed by atoms with Gasteiger partial charge in [-0.05, 0) is 55.6 Å². The Balaban J connectivity index is 1.69. The number of thiol groups is 1. The average molecular weight is 566 g/mol. The molecule has 204 valence electrons. The lowest BCUT2D eigenvalue weighted by Crippen LogP contribution is -2.36. The Kier molecular flexibility index (Phi) is 7.55. The van der Waals surface area contributed by atoms with E-state index in [4.69, 9.17) is 0 Å². The van der Waals surface area contributed by atoms with Crippen molar-refractivity contribution in [2.45, 2.75) is 23.8 Å². The van der Waals surface area contributed by atoms with Gasteiger partial charge in [-0.25, -0.2) is 0 Å². The summed E-state index contributed by atoms with van der Waals surface area (Å²) >= 11 is 4.55. The van der Waals surface area contributed by atoms with Crippen molar-refractivity contribution in [3.63, 3.8) is 0 Å². The van der Waals surface area contributed by atoms with Crippen LogP contribution in [-0.4, -0.2) is 19.0 Å². The third-order valence-electron chi connectivity index (χ3n) is 5.84. The molecule has 4 aromatic rings. The topological polar surface area (TPSA) is 61.4 Å². The van der Waals surface area contributed by atoms with E-state index in [1.54, 1.807) is 24.3 Å². The fraction of sp³-hybridized carbons (Fsp3) is 0.185. The number of nitrogens with one attached hydrogen (secondary N) is 2. The fourth-order valence-electron chi connectivity index (χ4n) is 3.99. The maximum Gasteiger partial charge on any atom is 0.416 e. The molecule has 0 aliphatic rings. The Morgan fingerprint density at radius 3 is 1.87 bits per heavy atom. The second-order valence-electron chi connectivity index (χ2n) is 9.08. The molecule has 0 spiro atoms. The van der Waals surface area contributed by atoms with E-state index >= 15 is 0 Å². The summed E-state index contributed by atoms with van der Waals surface area (Å²) in [5.41, 5.74) is -3.81. The zero-order valence-corrected chi connectivity index (χ0v) is 21.4. The Bertz CT molecular complexity index is 1570. The summed E-state index contributed by atoms with van der Waals surface area (Å²) in [5, 5.41) is 5.10. The fourth-order valence-corrected chi connectivity index (χ4v) is 4.27. The van der Waals surface area contributed by atoms with E-state index in [1.165, 1.54) is 0 Å². The molecule has 0 heterocycles. The molecule has 0 saturated heterocycles. The van der Waals surface area contributed by atoms with Crippen molar-refractivity contribution in [3.05, 3.63) is 97.8 Å². The highest BCUT2D eigenvalue weighted by molar-refractivity contribution is 7.80. The molecular formula is C27H21F6N3O2S. The average Bonchev–Trinajstić information content (AvgIpc) is 2.86. The number of nitrogens with zero attached hydrogens (tertiary/aromatic N) is 1. The van der Waals surface area contributed by atoms with Gasteiger partial charge in [0.1, 0.15) is 11.4 Å². The summed E-state index contributed by atoms with van der Waals surface area (Å²) in [6.45, 7) is 0.656. The van der Waals surface area contributed by atoms with Crippen LogP contribution < -0.4 is 21.5 Å². The third-order valence-corrected chi connectivity index (χ3v) is 6.25. The predicted molar refractivity (Wildman–Crippen MR) is 141 cm³/mol. The number of hydrogen-bond acceptors (Lipinski definition) is 6. The first kappa shape index (κ1) is 28.2. The summed E-state index contributed by atoms with van der Waals surface area (Å²) in [6, 6.07) is 13.2. The number of alkyl halides is 6. The van der Waals surface area contributed by atoms with Crippen molar-refractivity contribution in [1.82, 2.24) is 4.90 Å². The van der Waals surface area contributed by atoms with Gasteiger partial charge in [0.25, 0.3) is 10.9 Å². The molecule has 12 heteroatoms. The van der Waals surface area contributed by atoms with E-state index in [1.807, 2.05) is 37.2 Å². The number of anilines is 4. The second kappa shape index (κ2) is 10.4. The lowest BCUT2D eigenvalue weighted by molar-refractivity contribution is -0.143. The van der Waals surface area contributed by atoms with Gasteiger partial charge in [-0.2, -0.15) is 26.3 Å². The molecule has 0 aromatic heterocycles. The zero-order chi connectivity index (χ0) is 28.7. The minimum Gasteiger partial charge on any atom is -0.350 e. The van der Waals surface area contributed by atoms with Gasteiger partial charge in [0.2, 0.25) is 0 Å². The monoisotopic (exact) mass is 565 g/mol. The molecule has 4 rings (SSSR count). The highest BCUT2D eigenvalue weighted by Gasteiger charge is 2.37. The third kappa shape index (κ3) is 6.12. The van der Waals surface area contributed by atoms with Gasteiger partial charge in [-0.3, -0.25) is 9.59 Å². The molecular weight excluding hydrogens is 544 g/mol. The van der Waals surface area contributed by atoms with E-state index in [0.717, 1.165) is 16.0 Å². The van der Waals surface area contributed by atoms with Crippen molar-refractivity contribution in [2.24, 2.45) is 0 Å². The lowest BCUT2D eigenvalue weighted by atomic mass is 10.0. The Morgan fingerprint density at radius 1 is 0.769 bits per heavy atom. The Labute approximate surface area is 224 Å². The summed E-state index contributed by atoms with van der Waals surface area (Å²) in [6.07, 6.45) is -10.1. The second-order valence-corrected chi connectivity index (χ2v) is 9.56. The first-order chi connectivity index (χ1) is 18.1. The van der Waals surface area contributed by atoms with Crippen LogP contribution in [0, 0.1) is 0 Å². The van der Waals surface area contributed by atoms with Gasteiger partial charge in [0.05, 0.1) is 11.1 Å². The lowest BCUT2D eigenvalue weighted by Gasteiger charge is -2.19. The first-order valence-electron chi connectivity index (χ1n) is 11.4. The van der Waals surface area contributed by atoms with Crippen LogP contribution in [0.25, 0.3) is 11.1 Å². The highest BCUT2D eigenvalue weighted by Crippen LogP contribution is 2.39. The van der Waals surface area contributed by atoms with Gasteiger partial charge in [0, 0.05) is 28.4 Å². The standard InChI is InChI=1S/C27H21F6N3O2S/c1-36(2)13-15-8-7-14(9-21(15)39)19-5-3-4-6-20(19)35-23-22(24(37)25(23)38)34-18-11-16(26(28,29)30)10-17(12-18)27(31,32)33/h3-12,34-35,39H,13H2,1-2H3. The zero-order valence-electron chi connectivity index (χ0n) is 20.5. The summed E-state index contributed by atoms with van der Waals surface area (Å²) in [7, 11) is 3.83. The van der Waals surface area contributed by atoms with Gasteiger partial charge in [-0.15, -0.1) is 12.6 Å². The Hall–Kier alpha value is -3.77. The van der Waals surface area contributed by atoms with Crippen LogP contribution in [0.15, 0.2) is 75.1 Å². The number of halogens is 6.